The average molecular weight is 313 g/mol. The van der Waals surface area contributed by atoms with E-state index >= 15 is 0 Å². The molecular weight excluding hydrogens is 282 g/mol. The van der Waals surface area contributed by atoms with Crippen LogP contribution in [0.2, 0.25) is 0 Å². The Kier molecular flexibility index (Phi) is 6.66. The summed E-state index contributed by atoms with van der Waals surface area (Å²) < 4.78 is 5.33. The van der Waals surface area contributed by atoms with Crippen molar-refractivity contribution >= 4 is 12.0 Å². The lowest BCUT2D eigenvalue weighted by Crippen LogP contribution is -2.57. The van der Waals surface area contributed by atoms with E-state index in [-0.39, 0.29) is 18.0 Å². The van der Waals surface area contributed by atoms with Gasteiger partial charge in [-0.25, -0.2) is 4.79 Å². The first-order valence-corrected chi connectivity index (χ1v) is 8.21. The van der Waals surface area contributed by atoms with Gasteiger partial charge in [-0.15, -0.1) is 0 Å². The molecule has 22 heavy (non-hydrogen) atoms. The van der Waals surface area contributed by atoms with Crippen LogP contribution >= 0.6 is 0 Å². The number of likely N-dealkylation sites (N-methyl/N-ethyl adjacent to an activating group) is 1. The normalized spacial score (nSPS) is 23.5. The van der Waals surface area contributed by atoms with Gasteiger partial charge in [0.25, 0.3) is 0 Å². The summed E-state index contributed by atoms with van der Waals surface area (Å²) >= 11 is 0. The Balaban J connectivity index is 2.78. The van der Waals surface area contributed by atoms with Crippen LogP contribution < -0.4 is 11.1 Å². The number of nitrogens with two attached hydrogens (primary N) is 1. The second kappa shape index (κ2) is 7.81. The van der Waals surface area contributed by atoms with Crippen LogP contribution in [0.3, 0.4) is 0 Å². The van der Waals surface area contributed by atoms with Crippen LogP contribution in [0.5, 0.6) is 0 Å². The number of ether oxygens (including phenoxy) is 1. The van der Waals surface area contributed by atoms with Crippen LogP contribution in [-0.2, 0) is 9.53 Å². The number of nitrogens with one attached hydrogen (secondary N) is 1. The first-order valence-electron chi connectivity index (χ1n) is 8.21. The van der Waals surface area contributed by atoms with E-state index < -0.39 is 17.7 Å². The molecule has 2 amide bonds. The maximum Gasteiger partial charge on any atom is 0.407 e. The maximum absolute atomic E-state index is 12.3. The third-order valence-corrected chi connectivity index (χ3v) is 3.85. The van der Waals surface area contributed by atoms with E-state index in [0.29, 0.717) is 6.54 Å². The molecule has 1 aliphatic carbocycles. The van der Waals surface area contributed by atoms with Gasteiger partial charge in [0, 0.05) is 6.54 Å². The van der Waals surface area contributed by atoms with Gasteiger partial charge in [0.05, 0.1) is 18.1 Å². The number of hydrogen-bond donors (Lipinski definition) is 2. The molecule has 1 aliphatic rings. The van der Waals surface area contributed by atoms with Gasteiger partial charge in [-0.1, -0.05) is 12.8 Å². The average Bonchev–Trinajstić information content (AvgIpc) is 2.39. The van der Waals surface area contributed by atoms with E-state index in [2.05, 4.69) is 5.32 Å². The van der Waals surface area contributed by atoms with E-state index in [1.54, 1.807) is 11.8 Å². The zero-order valence-corrected chi connectivity index (χ0v) is 14.5. The van der Waals surface area contributed by atoms with Gasteiger partial charge in [-0.2, -0.15) is 0 Å². The Morgan fingerprint density at radius 3 is 2.41 bits per heavy atom. The molecular formula is C16H31N3O3. The summed E-state index contributed by atoms with van der Waals surface area (Å²) in [5.41, 5.74) is 5.22. The molecule has 0 aliphatic heterocycles. The van der Waals surface area contributed by atoms with E-state index in [1.807, 2.05) is 27.7 Å². The van der Waals surface area contributed by atoms with Crippen LogP contribution in [0.4, 0.5) is 4.79 Å². The van der Waals surface area contributed by atoms with E-state index in [9.17, 15) is 9.59 Å². The number of carbonyl (C=O) groups excluding carboxylic acids is 2. The predicted molar refractivity (Wildman–Crippen MR) is 86.5 cm³/mol. The Hall–Kier alpha value is -1.30. The summed E-state index contributed by atoms with van der Waals surface area (Å²) in [5, 5.41) is 2.94. The van der Waals surface area contributed by atoms with Crippen molar-refractivity contribution in [2.24, 2.45) is 5.73 Å². The molecule has 0 unspecified atom stereocenters. The number of nitrogens with zero attached hydrogens (tertiary/aromatic N) is 1. The molecule has 0 saturated heterocycles. The Bertz CT molecular complexity index is 391. The molecule has 0 bridgehead atoms. The molecule has 0 heterocycles. The summed E-state index contributed by atoms with van der Waals surface area (Å²) in [6, 6.07) is -0.611. The van der Waals surface area contributed by atoms with E-state index in [4.69, 9.17) is 10.5 Å². The third kappa shape index (κ3) is 5.48. The molecule has 128 valence electrons. The molecule has 1 rings (SSSR count). The van der Waals surface area contributed by atoms with Gasteiger partial charge < -0.3 is 20.7 Å². The molecule has 1 saturated carbocycles. The highest BCUT2D eigenvalue weighted by Gasteiger charge is 2.34. The lowest BCUT2D eigenvalue weighted by molar-refractivity contribution is -0.135. The number of rotatable bonds is 4. The third-order valence-electron chi connectivity index (χ3n) is 3.85. The molecule has 0 aromatic heterocycles. The van der Waals surface area contributed by atoms with Crippen LogP contribution in [0.15, 0.2) is 0 Å². The van der Waals surface area contributed by atoms with Gasteiger partial charge in [0.2, 0.25) is 5.91 Å². The second-order valence-corrected chi connectivity index (χ2v) is 7.02. The van der Waals surface area contributed by atoms with Gasteiger partial charge >= 0.3 is 6.09 Å². The fraction of sp³-hybridized carbons (Fsp3) is 0.875. The molecule has 3 N–H and O–H groups in total. The van der Waals surface area contributed by atoms with Gasteiger partial charge in [-0.05, 0) is 47.5 Å². The highest BCUT2D eigenvalue weighted by Crippen LogP contribution is 2.24. The summed E-state index contributed by atoms with van der Waals surface area (Å²) in [5.74, 6) is -0.0645. The highest BCUT2D eigenvalue weighted by molar-refractivity contribution is 5.81. The Labute approximate surface area is 133 Å². The van der Waals surface area contributed by atoms with E-state index in [0.717, 1.165) is 25.7 Å². The molecule has 1 fully saturated rings. The molecule has 6 heteroatoms. The minimum Gasteiger partial charge on any atom is -0.444 e. The molecule has 0 radical (unpaired) electrons. The molecule has 0 spiro atoms. The fourth-order valence-electron chi connectivity index (χ4n) is 2.93. The quantitative estimate of drug-likeness (QED) is 0.831. The highest BCUT2D eigenvalue weighted by atomic mass is 16.6. The van der Waals surface area contributed by atoms with Crippen LogP contribution in [0.25, 0.3) is 0 Å². The van der Waals surface area contributed by atoms with Crippen molar-refractivity contribution in [1.29, 1.82) is 0 Å². The van der Waals surface area contributed by atoms with Crippen molar-refractivity contribution < 1.29 is 14.3 Å². The lowest BCUT2D eigenvalue weighted by atomic mass is 9.89. The summed E-state index contributed by atoms with van der Waals surface area (Å²) in [6.07, 6.45) is 3.41. The van der Waals surface area contributed by atoms with Crippen LogP contribution in [0, 0.1) is 0 Å². The van der Waals surface area contributed by atoms with Crippen molar-refractivity contribution in [3.63, 3.8) is 0 Å². The minimum absolute atomic E-state index is 0.00947. The molecule has 6 nitrogen and oxygen atoms in total. The predicted octanol–water partition coefficient (Wildman–Crippen LogP) is 2.02. The van der Waals surface area contributed by atoms with Crippen LogP contribution in [-0.4, -0.2) is 47.2 Å². The number of amides is 2. The van der Waals surface area contributed by atoms with Gasteiger partial charge in [0.1, 0.15) is 5.60 Å². The number of alkyl carbamates (subject to hydrolysis) is 1. The summed E-state index contributed by atoms with van der Waals surface area (Å²) in [6.45, 7) is 9.75. The summed E-state index contributed by atoms with van der Waals surface area (Å²) in [7, 11) is 0. The smallest absolute Gasteiger partial charge is 0.407 e. The van der Waals surface area contributed by atoms with E-state index in [1.165, 1.54) is 0 Å². The molecule has 0 aromatic rings. The first-order chi connectivity index (χ1) is 10.2. The van der Waals surface area contributed by atoms with Crippen molar-refractivity contribution in [2.75, 3.05) is 6.54 Å². The number of carbonyl (C=O) groups is 2. The zero-order chi connectivity index (χ0) is 16.9. The SMILES string of the molecule is CCN(C(=O)[C@H](C)N)[C@H]1CCCC[C@H]1NC(=O)OC(C)(C)C. The van der Waals surface area contributed by atoms with Crippen molar-refractivity contribution in [3.8, 4) is 0 Å². The summed E-state index contributed by atoms with van der Waals surface area (Å²) in [4.78, 5) is 26.1. The standard InChI is InChI=1S/C16H31N3O3/c1-6-19(14(20)11(2)17)13-10-8-7-9-12(13)18-15(21)22-16(3,4)5/h11-13H,6-10,17H2,1-5H3,(H,18,21)/t11-,12+,13-/m0/s1. The van der Waals surface area contributed by atoms with Crippen LogP contribution in [0.1, 0.15) is 60.3 Å². The Morgan fingerprint density at radius 1 is 1.32 bits per heavy atom. The number of hydrogen-bond acceptors (Lipinski definition) is 4. The minimum atomic E-state index is -0.527. The lowest BCUT2D eigenvalue weighted by Gasteiger charge is -2.40. The largest absolute Gasteiger partial charge is 0.444 e. The van der Waals surface area contributed by atoms with Gasteiger partial charge in [0.15, 0.2) is 0 Å². The maximum atomic E-state index is 12.3. The second-order valence-electron chi connectivity index (χ2n) is 7.02. The van der Waals surface area contributed by atoms with Crippen molar-refractivity contribution in [1.82, 2.24) is 10.2 Å². The topological polar surface area (TPSA) is 84.7 Å². The van der Waals surface area contributed by atoms with Crippen molar-refractivity contribution in [2.45, 2.75) is 84.0 Å². The van der Waals surface area contributed by atoms with Crippen molar-refractivity contribution in [3.05, 3.63) is 0 Å². The van der Waals surface area contributed by atoms with Gasteiger partial charge in [-0.3, -0.25) is 4.79 Å². The first kappa shape index (κ1) is 18.7. The fourth-order valence-corrected chi connectivity index (χ4v) is 2.93. The molecule has 0 aromatic carbocycles. The monoisotopic (exact) mass is 313 g/mol. The Morgan fingerprint density at radius 2 is 1.91 bits per heavy atom. The zero-order valence-electron chi connectivity index (χ0n) is 14.5. The molecule has 3 atom stereocenters.